The number of aryl methyl sites for hydroxylation is 2. The van der Waals surface area contributed by atoms with E-state index >= 15 is 0 Å². The van der Waals surface area contributed by atoms with Gasteiger partial charge in [0.1, 0.15) is 5.54 Å². The maximum absolute atomic E-state index is 13.6. The summed E-state index contributed by atoms with van der Waals surface area (Å²) in [5.41, 5.74) is 2.54. The van der Waals surface area contributed by atoms with Gasteiger partial charge < -0.3 is 5.11 Å². The molecule has 1 heterocycles. The fourth-order valence-electron chi connectivity index (χ4n) is 4.47. The quantitative estimate of drug-likeness (QED) is 0.586. The van der Waals surface area contributed by atoms with E-state index in [-0.39, 0.29) is 18.0 Å². The van der Waals surface area contributed by atoms with E-state index < -0.39 is 28.2 Å². The molecule has 1 N–H and O–H groups in total. The second kappa shape index (κ2) is 9.69. The van der Waals surface area contributed by atoms with Crippen LogP contribution in [-0.2, 0) is 16.6 Å². The molecule has 1 saturated heterocycles. The normalized spacial score (nSPS) is 21.8. The fraction of sp³-hybridized carbons (Fsp3) is 0.296. The Kier molecular flexibility index (Phi) is 6.87. The molecule has 0 saturated carbocycles. The van der Waals surface area contributed by atoms with Crippen molar-refractivity contribution >= 4 is 10.0 Å². The smallest absolute Gasteiger partial charge is 0.243 e. The molecule has 0 radical (unpaired) electrons. The standard InChI is InChI=1S/C27H29N3O3S/c1-21-8-12-24(13-9-21)26-17-29(34(32,33)25-14-10-22(2)11-15-25)19-27(18-28,20-31)30(26)16-23-6-4-3-5-7-23/h3-15,26,31H,16-17,19-20H2,1-2H3/t26-,27+/m1/s1. The summed E-state index contributed by atoms with van der Waals surface area (Å²) in [5, 5.41) is 20.8. The Hall–Kier alpha value is -3.02. The molecule has 0 aliphatic carbocycles. The first-order chi connectivity index (χ1) is 16.3. The van der Waals surface area contributed by atoms with Gasteiger partial charge in [-0.2, -0.15) is 9.57 Å². The van der Waals surface area contributed by atoms with Crippen molar-refractivity contribution in [3.63, 3.8) is 0 Å². The Labute approximate surface area is 201 Å². The lowest BCUT2D eigenvalue weighted by molar-refractivity contribution is -0.0238. The first-order valence-electron chi connectivity index (χ1n) is 11.3. The largest absolute Gasteiger partial charge is 0.393 e. The number of aliphatic hydroxyl groups is 1. The summed E-state index contributed by atoms with van der Waals surface area (Å²) in [4.78, 5) is 2.13. The van der Waals surface area contributed by atoms with Crippen LogP contribution in [0.3, 0.4) is 0 Å². The van der Waals surface area contributed by atoms with E-state index in [2.05, 4.69) is 6.07 Å². The Morgan fingerprint density at radius 2 is 1.56 bits per heavy atom. The third-order valence-electron chi connectivity index (χ3n) is 6.53. The van der Waals surface area contributed by atoms with Crippen molar-refractivity contribution in [3.8, 4) is 6.07 Å². The number of piperazine rings is 1. The number of benzene rings is 3. The van der Waals surface area contributed by atoms with Gasteiger partial charge in [0.25, 0.3) is 0 Å². The van der Waals surface area contributed by atoms with Gasteiger partial charge in [0.05, 0.1) is 23.6 Å². The van der Waals surface area contributed by atoms with E-state index in [0.717, 1.165) is 22.3 Å². The highest BCUT2D eigenvalue weighted by Gasteiger charge is 2.50. The van der Waals surface area contributed by atoms with E-state index in [1.54, 1.807) is 24.3 Å². The molecule has 1 aliphatic heterocycles. The molecule has 7 heteroatoms. The highest BCUT2D eigenvalue weighted by molar-refractivity contribution is 7.89. The van der Waals surface area contributed by atoms with Gasteiger partial charge in [0, 0.05) is 19.6 Å². The molecule has 3 aromatic rings. The zero-order valence-corrected chi connectivity index (χ0v) is 20.2. The molecule has 2 atom stereocenters. The van der Waals surface area contributed by atoms with Crippen LogP contribution in [0.25, 0.3) is 0 Å². The number of hydrogen-bond donors (Lipinski definition) is 1. The van der Waals surface area contributed by atoms with Crippen LogP contribution >= 0.6 is 0 Å². The van der Waals surface area contributed by atoms with Gasteiger partial charge >= 0.3 is 0 Å². The molecule has 0 unspecified atom stereocenters. The number of nitriles is 1. The van der Waals surface area contributed by atoms with Gasteiger partial charge in [-0.25, -0.2) is 8.42 Å². The first kappa shape index (κ1) is 24.1. The van der Waals surface area contributed by atoms with Crippen molar-refractivity contribution in [2.24, 2.45) is 0 Å². The van der Waals surface area contributed by atoms with Crippen LogP contribution < -0.4 is 0 Å². The molecule has 1 aliphatic rings. The monoisotopic (exact) mass is 475 g/mol. The van der Waals surface area contributed by atoms with Crippen molar-refractivity contribution in [1.29, 1.82) is 5.26 Å². The minimum atomic E-state index is -3.87. The van der Waals surface area contributed by atoms with Gasteiger partial charge in [-0.1, -0.05) is 77.9 Å². The minimum Gasteiger partial charge on any atom is -0.393 e. The molecule has 34 heavy (non-hydrogen) atoms. The zero-order valence-electron chi connectivity index (χ0n) is 19.4. The van der Waals surface area contributed by atoms with Crippen LogP contribution in [0.4, 0.5) is 0 Å². The Balaban J connectivity index is 1.81. The van der Waals surface area contributed by atoms with E-state index in [1.807, 2.05) is 73.3 Å². The summed E-state index contributed by atoms with van der Waals surface area (Å²) in [7, 11) is -3.87. The third kappa shape index (κ3) is 4.63. The van der Waals surface area contributed by atoms with Crippen molar-refractivity contribution in [2.75, 3.05) is 19.7 Å². The third-order valence-corrected chi connectivity index (χ3v) is 8.35. The SMILES string of the molecule is Cc1ccc([C@H]2CN(S(=O)(=O)c3ccc(C)cc3)C[C@@](C#N)(CO)N2Cc2ccccc2)cc1. The predicted octanol–water partition coefficient (Wildman–Crippen LogP) is 3.81. The predicted molar refractivity (Wildman–Crippen MR) is 131 cm³/mol. The Morgan fingerprint density at radius 3 is 2.12 bits per heavy atom. The van der Waals surface area contributed by atoms with Gasteiger partial charge in [0.2, 0.25) is 10.0 Å². The highest BCUT2D eigenvalue weighted by atomic mass is 32.2. The maximum atomic E-state index is 13.6. The van der Waals surface area contributed by atoms with Crippen LogP contribution in [-0.4, -0.2) is 48.0 Å². The first-order valence-corrected chi connectivity index (χ1v) is 12.7. The molecule has 1 fully saturated rings. The number of rotatable bonds is 6. The molecule has 0 spiro atoms. The van der Waals surface area contributed by atoms with E-state index in [1.165, 1.54) is 4.31 Å². The average molecular weight is 476 g/mol. The summed E-state index contributed by atoms with van der Waals surface area (Å²) in [6, 6.07) is 26.2. The van der Waals surface area contributed by atoms with Crippen molar-refractivity contribution in [3.05, 3.63) is 101 Å². The molecule has 3 aromatic carbocycles. The lowest BCUT2D eigenvalue weighted by Gasteiger charge is -2.50. The molecule has 0 amide bonds. The molecule has 0 bridgehead atoms. The van der Waals surface area contributed by atoms with E-state index in [0.29, 0.717) is 6.54 Å². The summed E-state index contributed by atoms with van der Waals surface area (Å²) in [6.07, 6.45) is 0. The average Bonchev–Trinajstić information content (AvgIpc) is 2.85. The van der Waals surface area contributed by atoms with Gasteiger partial charge in [0.15, 0.2) is 0 Å². The van der Waals surface area contributed by atoms with Gasteiger partial charge in [-0.3, -0.25) is 4.90 Å². The van der Waals surface area contributed by atoms with Crippen molar-refractivity contribution in [2.45, 2.75) is 36.9 Å². The lowest BCUT2D eigenvalue weighted by Crippen LogP contribution is -2.64. The lowest BCUT2D eigenvalue weighted by atomic mass is 9.90. The zero-order chi connectivity index (χ0) is 24.3. The summed E-state index contributed by atoms with van der Waals surface area (Å²) >= 11 is 0. The molecular formula is C27H29N3O3S. The van der Waals surface area contributed by atoms with Gasteiger partial charge in [-0.15, -0.1) is 0 Å². The van der Waals surface area contributed by atoms with E-state index in [4.69, 9.17) is 0 Å². The van der Waals surface area contributed by atoms with Crippen LogP contribution in [0.2, 0.25) is 0 Å². The van der Waals surface area contributed by atoms with Gasteiger partial charge in [-0.05, 0) is 37.1 Å². The van der Waals surface area contributed by atoms with Crippen LogP contribution in [0.1, 0.15) is 28.3 Å². The Bertz CT molecular complexity index is 1270. The summed E-state index contributed by atoms with van der Waals surface area (Å²) in [5.74, 6) is 0. The van der Waals surface area contributed by atoms with Crippen LogP contribution in [0.15, 0.2) is 83.8 Å². The van der Waals surface area contributed by atoms with Crippen molar-refractivity contribution < 1.29 is 13.5 Å². The van der Waals surface area contributed by atoms with E-state index in [9.17, 15) is 18.8 Å². The Morgan fingerprint density at radius 1 is 0.971 bits per heavy atom. The molecule has 4 rings (SSSR count). The summed E-state index contributed by atoms with van der Waals surface area (Å²) in [6.45, 7) is 3.87. The molecule has 6 nitrogen and oxygen atoms in total. The summed E-state index contributed by atoms with van der Waals surface area (Å²) < 4.78 is 28.6. The number of hydrogen-bond acceptors (Lipinski definition) is 5. The van der Waals surface area contributed by atoms with Crippen LogP contribution in [0.5, 0.6) is 0 Å². The fourth-order valence-corrected chi connectivity index (χ4v) is 5.97. The maximum Gasteiger partial charge on any atom is 0.243 e. The second-order valence-electron chi connectivity index (χ2n) is 8.95. The number of sulfonamides is 1. The van der Waals surface area contributed by atoms with Crippen molar-refractivity contribution in [1.82, 2.24) is 9.21 Å². The molecule has 176 valence electrons. The molecule has 0 aromatic heterocycles. The second-order valence-corrected chi connectivity index (χ2v) is 10.9. The topological polar surface area (TPSA) is 84.6 Å². The number of aliphatic hydroxyl groups excluding tert-OH is 1. The number of nitrogens with zero attached hydrogens (tertiary/aromatic N) is 3. The highest BCUT2D eigenvalue weighted by Crippen LogP contribution is 2.38. The van der Waals surface area contributed by atoms with Crippen LogP contribution in [0, 0.1) is 25.2 Å². The molecular weight excluding hydrogens is 446 g/mol. The minimum absolute atomic E-state index is 0.120.